The van der Waals surface area contributed by atoms with E-state index in [1.54, 1.807) is 12.1 Å². The second-order valence-corrected chi connectivity index (χ2v) is 3.47. The molecule has 0 saturated heterocycles. The van der Waals surface area contributed by atoms with E-state index in [4.69, 9.17) is 11.6 Å². The van der Waals surface area contributed by atoms with Crippen LogP contribution in [0.2, 0.25) is 5.28 Å². The zero-order valence-electron chi connectivity index (χ0n) is 8.05. The van der Waals surface area contributed by atoms with Crippen molar-refractivity contribution in [3.63, 3.8) is 0 Å². The highest BCUT2D eigenvalue weighted by Gasteiger charge is 2.11. The van der Waals surface area contributed by atoms with Crippen LogP contribution < -0.4 is 5.56 Å². The fourth-order valence-electron chi connectivity index (χ4n) is 1.45. The summed E-state index contributed by atoms with van der Waals surface area (Å²) >= 11 is 5.75. The number of aromatic nitrogens is 2. The number of hydrogen-bond donors (Lipinski definition) is 1. The number of rotatable bonds is 2. The minimum Gasteiger partial charge on any atom is -0.507 e. The van der Waals surface area contributed by atoms with Crippen LogP contribution in [0.4, 0.5) is 0 Å². The molecule has 2 aromatic rings. The quantitative estimate of drug-likeness (QED) is 0.625. The normalized spacial score (nSPS) is 10.6. The molecule has 0 atom stereocenters. The summed E-state index contributed by atoms with van der Waals surface area (Å²) in [4.78, 5) is 26.2. The van der Waals surface area contributed by atoms with Crippen LogP contribution in [-0.4, -0.2) is 20.9 Å². The zero-order chi connectivity index (χ0) is 11.7. The number of phenolic OH excluding ortho intramolecular Hbond substituents is 1. The third-order valence-electron chi connectivity index (χ3n) is 2.17. The van der Waals surface area contributed by atoms with Crippen LogP contribution in [0.25, 0.3) is 10.9 Å². The molecule has 0 amide bonds. The number of aldehydes is 1. The molecule has 5 nitrogen and oxygen atoms in total. The first kappa shape index (κ1) is 10.6. The number of benzene rings is 1. The number of nitrogens with zero attached hydrogens (tertiary/aromatic N) is 2. The molecule has 0 unspecified atom stereocenters. The van der Waals surface area contributed by atoms with Crippen molar-refractivity contribution in [2.75, 3.05) is 0 Å². The van der Waals surface area contributed by atoms with E-state index in [1.165, 1.54) is 6.07 Å². The van der Waals surface area contributed by atoms with Gasteiger partial charge in [-0.15, -0.1) is 0 Å². The molecule has 6 heteroatoms. The highest BCUT2D eigenvalue weighted by Crippen LogP contribution is 2.20. The van der Waals surface area contributed by atoms with Gasteiger partial charge in [0, 0.05) is 0 Å². The van der Waals surface area contributed by atoms with Gasteiger partial charge in [-0.05, 0) is 23.7 Å². The minimum atomic E-state index is -0.528. The Kier molecular flexibility index (Phi) is 2.62. The summed E-state index contributed by atoms with van der Waals surface area (Å²) in [5, 5.41) is 9.54. The number of phenols is 1. The monoisotopic (exact) mass is 238 g/mol. The maximum atomic E-state index is 11.9. The first-order chi connectivity index (χ1) is 7.65. The fourth-order valence-corrected chi connectivity index (χ4v) is 1.69. The average molecular weight is 239 g/mol. The Labute approximate surface area is 94.9 Å². The lowest BCUT2D eigenvalue weighted by Crippen LogP contribution is -2.22. The highest BCUT2D eigenvalue weighted by molar-refractivity contribution is 6.28. The number of fused-ring (bicyclic) bond motifs is 1. The van der Waals surface area contributed by atoms with E-state index in [2.05, 4.69) is 4.98 Å². The molecule has 0 aliphatic rings. The van der Waals surface area contributed by atoms with Gasteiger partial charge >= 0.3 is 0 Å². The predicted octanol–water partition coefficient (Wildman–Crippen LogP) is 0.954. The van der Waals surface area contributed by atoms with Crippen molar-refractivity contribution in [3.8, 4) is 5.75 Å². The predicted molar refractivity (Wildman–Crippen MR) is 58.7 cm³/mol. The van der Waals surface area contributed by atoms with E-state index in [9.17, 15) is 14.7 Å². The van der Waals surface area contributed by atoms with Crippen molar-refractivity contribution >= 4 is 28.8 Å². The molecule has 82 valence electrons. The zero-order valence-corrected chi connectivity index (χ0v) is 8.81. The van der Waals surface area contributed by atoms with E-state index in [-0.39, 0.29) is 23.0 Å². The van der Waals surface area contributed by atoms with Gasteiger partial charge in [0.05, 0.1) is 12.1 Å². The Balaban J connectivity index is 2.91. The smallest absolute Gasteiger partial charge is 0.266 e. The van der Waals surface area contributed by atoms with Crippen LogP contribution in [0.3, 0.4) is 0 Å². The second kappa shape index (κ2) is 3.94. The van der Waals surface area contributed by atoms with Gasteiger partial charge in [-0.1, -0.05) is 6.07 Å². The molecule has 0 aliphatic carbocycles. The van der Waals surface area contributed by atoms with Gasteiger partial charge in [0.15, 0.2) is 0 Å². The number of aromatic hydroxyl groups is 1. The lowest BCUT2D eigenvalue weighted by Gasteiger charge is -2.06. The molecule has 1 aromatic carbocycles. The number of carbonyl (C=O) groups is 1. The lowest BCUT2D eigenvalue weighted by molar-refractivity contribution is -0.108. The van der Waals surface area contributed by atoms with Gasteiger partial charge in [0.2, 0.25) is 5.28 Å². The van der Waals surface area contributed by atoms with Crippen LogP contribution in [0.1, 0.15) is 0 Å². The largest absolute Gasteiger partial charge is 0.507 e. The van der Waals surface area contributed by atoms with E-state index in [1.807, 2.05) is 0 Å². The maximum Gasteiger partial charge on any atom is 0.266 e. The van der Waals surface area contributed by atoms with E-state index in [0.29, 0.717) is 11.8 Å². The van der Waals surface area contributed by atoms with Crippen molar-refractivity contribution < 1.29 is 9.90 Å². The Morgan fingerprint density at radius 2 is 2.25 bits per heavy atom. The first-order valence-corrected chi connectivity index (χ1v) is 4.84. The summed E-state index contributed by atoms with van der Waals surface area (Å²) in [6.07, 6.45) is 0.542. The summed E-state index contributed by atoms with van der Waals surface area (Å²) in [7, 11) is 0. The lowest BCUT2D eigenvalue weighted by atomic mass is 10.2. The summed E-state index contributed by atoms with van der Waals surface area (Å²) in [5.41, 5.74) is -0.225. The summed E-state index contributed by atoms with van der Waals surface area (Å²) in [5.74, 6) is -0.175. The molecular weight excluding hydrogens is 232 g/mol. The highest BCUT2D eigenvalue weighted by atomic mass is 35.5. The van der Waals surface area contributed by atoms with E-state index < -0.39 is 5.56 Å². The SMILES string of the molecule is O=CCn1c(Cl)nc2cccc(O)c2c1=O. The fraction of sp³-hybridized carbons (Fsp3) is 0.100. The molecule has 0 bridgehead atoms. The summed E-state index contributed by atoms with van der Waals surface area (Å²) in [6.45, 7) is -0.186. The Morgan fingerprint density at radius 3 is 2.94 bits per heavy atom. The molecule has 2 rings (SSSR count). The number of halogens is 1. The molecular formula is C10H7ClN2O3. The van der Waals surface area contributed by atoms with Crippen molar-refractivity contribution in [2.24, 2.45) is 0 Å². The molecule has 0 radical (unpaired) electrons. The van der Waals surface area contributed by atoms with Crippen LogP contribution in [0.5, 0.6) is 5.75 Å². The summed E-state index contributed by atoms with van der Waals surface area (Å²) in [6, 6.07) is 4.50. The molecule has 1 aromatic heterocycles. The van der Waals surface area contributed by atoms with Gasteiger partial charge in [0.1, 0.15) is 17.4 Å². The Morgan fingerprint density at radius 1 is 1.50 bits per heavy atom. The third-order valence-corrected chi connectivity index (χ3v) is 2.46. The second-order valence-electron chi connectivity index (χ2n) is 3.13. The molecule has 0 saturated carbocycles. The number of carbonyl (C=O) groups excluding carboxylic acids is 1. The van der Waals surface area contributed by atoms with Crippen molar-refractivity contribution in [1.29, 1.82) is 0 Å². The Bertz CT molecular complexity index is 621. The van der Waals surface area contributed by atoms with Crippen LogP contribution >= 0.6 is 11.6 Å². The number of hydrogen-bond acceptors (Lipinski definition) is 4. The van der Waals surface area contributed by atoms with Crippen LogP contribution in [0, 0.1) is 0 Å². The topological polar surface area (TPSA) is 72.2 Å². The third kappa shape index (κ3) is 1.55. The molecule has 0 spiro atoms. The Hall–Kier alpha value is -1.88. The van der Waals surface area contributed by atoms with Gasteiger partial charge in [0.25, 0.3) is 5.56 Å². The molecule has 0 fully saturated rings. The average Bonchev–Trinajstić information content (AvgIpc) is 2.24. The minimum absolute atomic E-state index is 0.0637. The maximum absolute atomic E-state index is 11.9. The summed E-state index contributed by atoms with van der Waals surface area (Å²) < 4.78 is 0.997. The standard InChI is InChI=1S/C10H7ClN2O3/c11-10-12-6-2-1-3-7(15)8(6)9(16)13(10)4-5-14/h1-3,5,15H,4H2. The van der Waals surface area contributed by atoms with Crippen LogP contribution in [-0.2, 0) is 11.3 Å². The van der Waals surface area contributed by atoms with Crippen molar-refractivity contribution in [2.45, 2.75) is 6.54 Å². The van der Waals surface area contributed by atoms with Crippen LogP contribution in [0.15, 0.2) is 23.0 Å². The van der Waals surface area contributed by atoms with E-state index in [0.717, 1.165) is 4.57 Å². The van der Waals surface area contributed by atoms with Gasteiger partial charge in [-0.3, -0.25) is 9.36 Å². The molecule has 16 heavy (non-hydrogen) atoms. The van der Waals surface area contributed by atoms with Crippen molar-refractivity contribution in [3.05, 3.63) is 33.8 Å². The molecule has 1 N–H and O–H groups in total. The van der Waals surface area contributed by atoms with Gasteiger partial charge in [-0.2, -0.15) is 0 Å². The van der Waals surface area contributed by atoms with Gasteiger partial charge in [-0.25, -0.2) is 4.98 Å². The molecule has 1 heterocycles. The van der Waals surface area contributed by atoms with Gasteiger partial charge < -0.3 is 9.90 Å². The van der Waals surface area contributed by atoms with E-state index >= 15 is 0 Å². The first-order valence-electron chi connectivity index (χ1n) is 4.47. The molecule has 0 aliphatic heterocycles. The van der Waals surface area contributed by atoms with Crippen molar-refractivity contribution in [1.82, 2.24) is 9.55 Å².